The van der Waals surface area contributed by atoms with Crippen LogP contribution >= 0.6 is 0 Å². The van der Waals surface area contributed by atoms with Crippen molar-refractivity contribution in [1.29, 1.82) is 0 Å². The maximum atomic E-state index is 13.2. The van der Waals surface area contributed by atoms with Crippen LogP contribution < -0.4 is 5.69 Å². The number of hydrogen-bond acceptors (Lipinski definition) is 5. The number of aryl methyl sites for hydroxylation is 1. The van der Waals surface area contributed by atoms with E-state index >= 15 is 0 Å². The van der Waals surface area contributed by atoms with Crippen molar-refractivity contribution in [2.45, 2.75) is 32.1 Å². The van der Waals surface area contributed by atoms with Crippen molar-refractivity contribution in [2.24, 2.45) is 13.0 Å². The average Bonchev–Trinajstić information content (AvgIpc) is 3.39. The molecule has 0 radical (unpaired) electrons. The monoisotopic (exact) mass is 490 g/mol. The summed E-state index contributed by atoms with van der Waals surface area (Å²) in [5, 5.41) is 7.12. The molecule has 1 saturated heterocycles. The zero-order valence-electron chi connectivity index (χ0n) is 19.2. The van der Waals surface area contributed by atoms with Crippen LogP contribution in [-0.4, -0.2) is 59.3 Å². The fraction of sp³-hybridized carbons (Fsp3) is 0.391. The van der Waals surface area contributed by atoms with Gasteiger partial charge in [0.25, 0.3) is 0 Å². The van der Waals surface area contributed by atoms with Gasteiger partial charge in [0.2, 0.25) is 0 Å². The van der Waals surface area contributed by atoms with Crippen molar-refractivity contribution in [3.63, 3.8) is 0 Å². The number of alkyl halides is 3. The predicted molar refractivity (Wildman–Crippen MR) is 123 cm³/mol. The topological polar surface area (TPSA) is 109 Å². The summed E-state index contributed by atoms with van der Waals surface area (Å²) in [6.07, 6.45) is -0.608. The third kappa shape index (κ3) is 4.92. The molecule has 0 spiro atoms. The van der Waals surface area contributed by atoms with E-state index in [4.69, 9.17) is 9.90 Å². The molecule has 0 bridgehead atoms. The number of carbonyl (C=O) groups is 1. The van der Waals surface area contributed by atoms with E-state index in [2.05, 4.69) is 51.0 Å². The number of aromatic nitrogens is 5. The van der Waals surface area contributed by atoms with E-state index in [1.807, 2.05) is 17.7 Å². The minimum absolute atomic E-state index is 0.00529. The van der Waals surface area contributed by atoms with E-state index in [0.29, 0.717) is 5.92 Å². The molecule has 2 atom stereocenters. The molecule has 1 aliphatic heterocycles. The van der Waals surface area contributed by atoms with Crippen LogP contribution in [0.3, 0.4) is 0 Å². The lowest BCUT2D eigenvalue weighted by Crippen LogP contribution is -2.43. The van der Waals surface area contributed by atoms with Crippen LogP contribution in [0.2, 0.25) is 0 Å². The van der Waals surface area contributed by atoms with Crippen LogP contribution in [0.5, 0.6) is 0 Å². The van der Waals surface area contributed by atoms with Crippen molar-refractivity contribution >= 4 is 28.2 Å². The van der Waals surface area contributed by atoms with Crippen LogP contribution in [0.1, 0.15) is 24.9 Å². The van der Waals surface area contributed by atoms with E-state index < -0.39 is 12.1 Å². The Hall–Kier alpha value is -3.67. The van der Waals surface area contributed by atoms with Gasteiger partial charge in [0.15, 0.2) is 5.65 Å². The molecule has 186 valence electrons. The Morgan fingerprint density at radius 2 is 1.91 bits per heavy atom. The zero-order chi connectivity index (χ0) is 25.3. The molecule has 3 aromatic heterocycles. The van der Waals surface area contributed by atoms with E-state index in [-0.39, 0.29) is 11.7 Å². The van der Waals surface area contributed by atoms with Crippen molar-refractivity contribution in [1.82, 2.24) is 29.0 Å². The Balaban J connectivity index is 0.000000364. The Morgan fingerprint density at radius 1 is 1.23 bits per heavy atom. The molecule has 0 aliphatic carbocycles. The number of rotatable bonds is 3. The molecule has 4 heterocycles. The number of piperidine rings is 1. The summed E-state index contributed by atoms with van der Waals surface area (Å²) in [6, 6.07) is 10.6. The van der Waals surface area contributed by atoms with Gasteiger partial charge in [0.05, 0.1) is 24.1 Å². The zero-order valence-corrected chi connectivity index (χ0v) is 19.2. The molecule has 35 heavy (non-hydrogen) atoms. The van der Waals surface area contributed by atoms with Gasteiger partial charge in [-0.3, -0.25) is 14.0 Å². The largest absolute Gasteiger partial charge is 0.490 e. The van der Waals surface area contributed by atoms with Crippen molar-refractivity contribution in [3.8, 4) is 0 Å². The van der Waals surface area contributed by atoms with Crippen molar-refractivity contribution in [3.05, 3.63) is 58.9 Å². The molecular formula is C23H25F3N6O3. The summed E-state index contributed by atoms with van der Waals surface area (Å²) >= 11 is 0. The number of carboxylic acid groups (broad SMARTS) is 1. The van der Waals surface area contributed by atoms with Crippen LogP contribution in [-0.2, 0) is 18.4 Å². The van der Waals surface area contributed by atoms with E-state index in [1.165, 1.54) is 5.56 Å². The maximum Gasteiger partial charge on any atom is 0.490 e. The number of H-pyrrole nitrogens is 1. The van der Waals surface area contributed by atoms with Gasteiger partial charge in [-0.15, -0.1) is 0 Å². The number of likely N-dealkylation sites (tertiary alicyclic amines) is 1. The summed E-state index contributed by atoms with van der Waals surface area (Å²) in [5.41, 5.74) is 4.51. The summed E-state index contributed by atoms with van der Waals surface area (Å²) < 4.78 is 35.4. The lowest BCUT2D eigenvalue weighted by atomic mass is 9.92. The highest BCUT2D eigenvalue weighted by Gasteiger charge is 2.38. The van der Waals surface area contributed by atoms with Gasteiger partial charge in [-0.05, 0) is 24.4 Å². The molecule has 5 rings (SSSR count). The van der Waals surface area contributed by atoms with Gasteiger partial charge >= 0.3 is 17.8 Å². The number of nitrogens with zero attached hydrogens (tertiary/aromatic N) is 5. The number of imidazole rings is 2. The lowest BCUT2D eigenvalue weighted by molar-refractivity contribution is -0.192. The smallest absolute Gasteiger partial charge is 0.475 e. The Labute approximate surface area is 197 Å². The highest BCUT2D eigenvalue weighted by Crippen LogP contribution is 2.32. The highest BCUT2D eigenvalue weighted by atomic mass is 19.4. The van der Waals surface area contributed by atoms with Gasteiger partial charge in [-0.1, -0.05) is 37.3 Å². The van der Waals surface area contributed by atoms with Crippen LogP contribution in [0.15, 0.2) is 47.7 Å². The van der Waals surface area contributed by atoms with Crippen molar-refractivity contribution in [2.75, 3.05) is 13.1 Å². The fourth-order valence-electron chi connectivity index (χ4n) is 4.45. The van der Waals surface area contributed by atoms with E-state index in [9.17, 15) is 18.0 Å². The van der Waals surface area contributed by atoms with E-state index in [1.54, 1.807) is 17.1 Å². The van der Waals surface area contributed by atoms with Crippen LogP contribution in [0, 0.1) is 5.92 Å². The molecule has 4 aromatic rings. The third-order valence-corrected chi connectivity index (χ3v) is 6.32. The number of fused-ring (bicyclic) bond motifs is 3. The molecular weight excluding hydrogens is 465 g/mol. The second-order valence-electron chi connectivity index (χ2n) is 8.66. The number of halogens is 3. The normalized spacial score (nSPS) is 19.0. The second-order valence-corrected chi connectivity index (χ2v) is 8.66. The predicted octanol–water partition coefficient (Wildman–Crippen LogP) is 3.33. The molecule has 2 N–H and O–H groups in total. The average molecular weight is 490 g/mol. The van der Waals surface area contributed by atoms with Crippen molar-refractivity contribution < 1.29 is 23.1 Å². The Bertz CT molecular complexity index is 1390. The quantitative estimate of drug-likeness (QED) is 0.456. The second kappa shape index (κ2) is 9.53. The highest BCUT2D eigenvalue weighted by molar-refractivity contribution is 5.98. The number of hydrogen-bond donors (Lipinski definition) is 2. The van der Waals surface area contributed by atoms with Gasteiger partial charge in [-0.25, -0.2) is 19.6 Å². The number of pyridine rings is 1. The fourth-order valence-corrected chi connectivity index (χ4v) is 4.45. The molecule has 12 heteroatoms. The maximum absolute atomic E-state index is 13.2. The molecule has 0 saturated carbocycles. The minimum atomic E-state index is -5.08. The van der Waals surface area contributed by atoms with Crippen LogP contribution in [0.4, 0.5) is 13.2 Å². The number of aliphatic carboxylic acids is 1. The van der Waals surface area contributed by atoms with Gasteiger partial charge in [0, 0.05) is 20.1 Å². The molecule has 0 unspecified atom stereocenters. The molecule has 9 nitrogen and oxygen atoms in total. The minimum Gasteiger partial charge on any atom is -0.475 e. The summed E-state index contributed by atoms with van der Waals surface area (Å²) in [4.78, 5) is 36.5. The first-order valence-electron chi connectivity index (χ1n) is 11.0. The summed E-state index contributed by atoms with van der Waals surface area (Å²) in [5.74, 6) is -2.34. The number of benzene rings is 1. The SMILES string of the molecule is C[C@H]1CCN(Cc2ccccc2)C[C@H]1n1c(=O)n(C)c2cnc3[nH]cnc3c21.O=C(O)C(F)(F)F. The summed E-state index contributed by atoms with van der Waals surface area (Å²) in [7, 11) is 1.82. The molecule has 1 fully saturated rings. The Kier molecular flexibility index (Phi) is 6.66. The first kappa shape index (κ1) is 24.5. The van der Waals surface area contributed by atoms with Gasteiger partial charge in [-0.2, -0.15) is 13.2 Å². The number of aromatic amines is 1. The first-order chi connectivity index (χ1) is 16.6. The third-order valence-electron chi connectivity index (χ3n) is 6.32. The van der Waals surface area contributed by atoms with Crippen LogP contribution in [0.25, 0.3) is 22.2 Å². The number of nitrogens with one attached hydrogen (secondary N) is 1. The summed E-state index contributed by atoms with van der Waals surface area (Å²) in [6.45, 7) is 5.05. The van der Waals surface area contributed by atoms with E-state index in [0.717, 1.165) is 48.3 Å². The Morgan fingerprint density at radius 3 is 2.57 bits per heavy atom. The molecule has 1 aliphatic rings. The van der Waals surface area contributed by atoms with Gasteiger partial charge in [0.1, 0.15) is 11.0 Å². The standard InChI is InChI=1S/C21H24N6O.C2HF3O2/c1-14-8-9-26(11-15-6-4-3-5-7-15)12-17(14)27-19-16(25(2)21(27)28)10-22-20-18(19)23-13-24-20;3-2(4,5)1(6)7/h3-7,10,13-14,17H,8-9,11-12H2,1-2H3,(H,22,23,24);(H,6,7)/t14-,17+;/m0./s1. The number of carboxylic acids is 1. The molecule has 0 amide bonds. The first-order valence-corrected chi connectivity index (χ1v) is 11.0. The lowest BCUT2D eigenvalue weighted by Gasteiger charge is -2.37. The molecule has 1 aromatic carbocycles. The van der Waals surface area contributed by atoms with Gasteiger partial charge < -0.3 is 10.1 Å².